The fourth-order valence-electron chi connectivity index (χ4n) is 3.35. The highest BCUT2D eigenvalue weighted by Gasteiger charge is 2.32. The number of thiazole rings is 1. The van der Waals surface area contributed by atoms with Crippen LogP contribution in [0.2, 0.25) is 0 Å². The Labute approximate surface area is 191 Å². The smallest absolute Gasteiger partial charge is 0.240 e. The Hall–Kier alpha value is -3.31. The zero-order chi connectivity index (χ0) is 24.0. The molecular formula is C17H17N9O4S3. The van der Waals surface area contributed by atoms with Crippen LogP contribution in [0.5, 0.6) is 0 Å². The molecule has 0 aliphatic carbocycles. The van der Waals surface area contributed by atoms with E-state index in [0.717, 1.165) is 6.07 Å². The van der Waals surface area contributed by atoms with Crippen molar-refractivity contribution in [3.05, 3.63) is 35.3 Å². The van der Waals surface area contributed by atoms with Gasteiger partial charge in [0, 0.05) is 12.1 Å². The zero-order valence-electron chi connectivity index (χ0n) is 16.7. The van der Waals surface area contributed by atoms with Gasteiger partial charge in [-0.25, -0.2) is 27.0 Å². The molecule has 0 saturated carbocycles. The van der Waals surface area contributed by atoms with Crippen LogP contribution in [0.3, 0.4) is 0 Å². The van der Waals surface area contributed by atoms with Gasteiger partial charge in [0.2, 0.25) is 15.8 Å². The molecule has 33 heavy (non-hydrogen) atoms. The minimum Gasteiger partial charge on any atom is -0.382 e. The van der Waals surface area contributed by atoms with E-state index in [2.05, 4.69) is 25.6 Å². The number of nitrogens with zero attached hydrogens (tertiary/aromatic N) is 4. The summed E-state index contributed by atoms with van der Waals surface area (Å²) >= 11 is 1.18. The van der Waals surface area contributed by atoms with Crippen molar-refractivity contribution in [3.8, 4) is 22.5 Å². The molecule has 16 heteroatoms. The first-order valence-corrected chi connectivity index (χ1v) is 13.2. The lowest BCUT2D eigenvalue weighted by Crippen LogP contribution is -2.22. The monoisotopic (exact) mass is 507 g/mol. The molecule has 2 aromatic carbocycles. The van der Waals surface area contributed by atoms with Crippen LogP contribution in [0.25, 0.3) is 32.7 Å². The molecule has 0 atom stereocenters. The van der Waals surface area contributed by atoms with Crippen LogP contribution in [-0.2, 0) is 19.9 Å². The van der Waals surface area contributed by atoms with E-state index in [1.54, 1.807) is 18.2 Å². The lowest BCUT2D eigenvalue weighted by molar-refractivity contribution is 0.583. The number of nitrogen functional groups attached to an aromatic ring is 1. The number of tetrazole rings is 1. The van der Waals surface area contributed by atoms with Gasteiger partial charge in [0.1, 0.15) is 4.90 Å². The minimum atomic E-state index is -4.60. The van der Waals surface area contributed by atoms with Crippen molar-refractivity contribution in [2.45, 2.75) is 9.79 Å². The lowest BCUT2D eigenvalue weighted by atomic mass is 9.98. The third-order valence-corrected chi connectivity index (χ3v) is 8.60. The quantitative estimate of drug-likeness (QED) is 0.163. The Bertz CT molecular complexity index is 1590. The molecule has 0 aliphatic rings. The molecule has 2 heterocycles. The number of benzene rings is 2. The molecule has 2 aromatic heterocycles. The topological polar surface area (TPSA) is 238 Å². The van der Waals surface area contributed by atoms with E-state index < -0.39 is 35.4 Å². The maximum Gasteiger partial charge on any atom is 0.240 e. The highest BCUT2D eigenvalue weighted by Crippen LogP contribution is 2.41. The van der Waals surface area contributed by atoms with Gasteiger partial charge in [-0.3, -0.25) is 5.41 Å². The number of sulfonamides is 1. The van der Waals surface area contributed by atoms with Crippen LogP contribution in [-0.4, -0.2) is 60.6 Å². The number of primary sulfonamides is 1. The van der Waals surface area contributed by atoms with Crippen LogP contribution < -0.4 is 16.6 Å². The first-order chi connectivity index (χ1) is 15.5. The summed E-state index contributed by atoms with van der Waals surface area (Å²) in [6.07, 6.45) is 0. The summed E-state index contributed by atoms with van der Waals surface area (Å²) < 4.78 is 51.8. The largest absolute Gasteiger partial charge is 0.382 e. The number of para-hydroxylation sites is 1. The van der Waals surface area contributed by atoms with Crippen molar-refractivity contribution in [1.82, 2.24) is 25.6 Å². The molecule has 8 N–H and O–H groups in total. The van der Waals surface area contributed by atoms with E-state index in [1.165, 1.54) is 17.4 Å². The number of aromatic amines is 1. The second-order valence-electron chi connectivity index (χ2n) is 6.79. The van der Waals surface area contributed by atoms with E-state index in [-0.39, 0.29) is 34.3 Å². The third kappa shape index (κ3) is 4.09. The van der Waals surface area contributed by atoms with Gasteiger partial charge in [-0.05, 0) is 22.9 Å². The molecule has 172 valence electrons. The molecule has 0 saturated heterocycles. The molecule has 0 radical (unpaired) electrons. The SMILES string of the molecule is N=C(N)c1nc2c(-c3ccc(S(=O)(=O)CCN)c(S(N)(=O)=O)c3-c3nn[nH]n3)cccc2s1. The first-order valence-electron chi connectivity index (χ1n) is 9.15. The molecule has 4 aromatic rings. The summed E-state index contributed by atoms with van der Waals surface area (Å²) in [6.45, 7) is -0.225. The summed E-state index contributed by atoms with van der Waals surface area (Å²) in [5, 5.41) is 26.9. The molecular weight excluding hydrogens is 490 g/mol. The number of sulfone groups is 1. The number of nitrogens with one attached hydrogen (secondary N) is 2. The second kappa shape index (κ2) is 8.23. The van der Waals surface area contributed by atoms with Gasteiger partial charge < -0.3 is 11.5 Å². The average molecular weight is 508 g/mol. The van der Waals surface area contributed by atoms with Gasteiger partial charge in [-0.2, -0.15) is 5.21 Å². The van der Waals surface area contributed by atoms with Gasteiger partial charge in [-0.1, -0.05) is 18.2 Å². The molecule has 0 aliphatic heterocycles. The number of fused-ring (bicyclic) bond motifs is 1. The van der Waals surface area contributed by atoms with E-state index in [4.69, 9.17) is 22.0 Å². The van der Waals surface area contributed by atoms with Gasteiger partial charge in [0.15, 0.2) is 20.7 Å². The van der Waals surface area contributed by atoms with E-state index in [1.807, 2.05) is 0 Å². The summed E-state index contributed by atoms with van der Waals surface area (Å²) in [5.74, 6) is -0.906. The fourth-order valence-corrected chi connectivity index (χ4v) is 6.96. The van der Waals surface area contributed by atoms with Crippen LogP contribution in [0.4, 0.5) is 0 Å². The molecule has 0 spiro atoms. The van der Waals surface area contributed by atoms with Crippen LogP contribution in [0.15, 0.2) is 40.1 Å². The average Bonchev–Trinajstić information content (AvgIpc) is 3.41. The molecule has 0 fully saturated rings. The van der Waals surface area contributed by atoms with Crippen molar-refractivity contribution < 1.29 is 16.8 Å². The van der Waals surface area contributed by atoms with Crippen LogP contribution >= 0.6 is 11.3 Å². The van der Waals surface area contributed by atoms with Crippen molar-refractivity contribution in [1.29, 1.82) is 5.41 Å². The number of nitrogens with two attached hydrogens (primary N) is 3. The van der Waals surface area contributed by atoms with E-state index >= 15 is 0 Å². The van der Waals surface area contributed by atoms with Gasteiger partial charge in [-0.15, -0.1) is 21.5 Å². The molecule has 0 unspecified atom stereocenters. The lowest BCUT2D eigenvalue weighted by Gasteiger charge is -2.16. The van der Waals surface area contributed by atoms with Gasteiger partial charge in [0.05, 0.1) is 26.4 Å². The highest BCUT2D eigenvalue weighted by molar-refractivity contribution is 7.93. The standard InChI is InChI=1S/C17H17N9O4S3/c18-6-7-32(27,28)11-5-4-8(12(14(11)33(21,29)30)16-23-25-26-24-16)9-2-1-3-10-13(9)22-17(31-10)15(19)20/h1-5H,6-7,18H2,(H3,19,20)(H2,21,29,30)(H,23,24,25,26). The molecule has 13 nitrogen and oxygen atoms in total. The summed E-state index contributed by atoms with van der Waals surface area (Å²) in [7, 11) is -8.71. The number of amidine groups is 1. The van der Waals surface area contributed by atoms with Crippen LogP contribution in [0, 0.1) is 5.41 Å². The number of hydrogen-bond donors (Lipinski definition) is 5. The minimum absolute atomic E-state index is 0.158. The summed E-state index contributed by atoms with van der Waals surface area (Å²) in [4.78, 5) is 3.20. The third-order valence-electron chi connectivity index (χ3n) is 4.64. The normalized spacial score (nSPS) is 12.3. The van der Waals surface area contributed by atoms with Gasteiger partial charge >= 0.3 is 0 Å². The highest BCUT2D eigenvalue weighted by atomic mass is 32.2. The van der Waals surface area contributed by atoms with Crippen molar-refractivity contribution >= 4 is 47.2 Å². The maximum atomic E-state index is 12.8. The Balaban J connectivity index is 2.16. The van der Waals surface area contributed by atoms with Crippen molar-refractivity contribution in [2.75, 3.05) is 12.3 Å². The Morgan fingerprint density at radius 3 is 2.48 bits per heavy atom. The number of aromatic nitrogens is 5. The van der Waals surface area contributed by atoms with Crippen LogP contribution in [0.1, 0.15) is 5.01 Å². The predicted octanol–water partition coefficient (Wildman–Crippen LogP) is -0.193. The van der Waals surface area contributed by atoms with E-state index in [0.29, 0.717) is 15.8 Å². The Morgan fingerprint density at radius 1 is 1.12 bits per heavy atom. The summed E-state index contributed by atoms with van der Waals surface area (Å²) in [5.41, 5.74) is 11.9. The van der Waals surface area contributed by atoms with Crippen molar-refractivity contribution in [2.24, 2.45) is 16.6 Å². The Morgan fingerprint density at radius 2 is 1.88 bits per heavy atom. The van der Waals surface area contributed by atoms with Crippen molar-refractivity contribution in [3.63, 3.8) is 0 Å². The molecule has 0 bridgehead atoms. The van der Waals surface area contributed by atoms with E-state index in [9.17, 15) is 16.8 Å². The fraction of sp³-hybridized carbons (Fsp3) is 0.118. The van der Waals surface area contributed by atoms with Gasteiger partial charge in [0.25, 0.3) is 0 Å². The Kier molecular flexibility index (Phi) is 5.71. The number of hydrogen-bond acceptors (Lipinski definition) is 11. The number of rotatable bonds is 7. The second-order valence-corrected chi connectivity index (χ2v) is 11.4. The number of H-pyrrole nitrogens is 1. The molecule has 0 amide bonds. The maximum absolute atomic E-state index is 12.8. The zero-order valence-corrected chi connectivity index (χ0v) is 19.1. The first kappa shape index (κ1) is 22.9. The summed E-state index contributed by atoms with van der Waals surface area (Å²) in [6, 6.07) is 7.70. The molecule has 4 rings (SSSR count). The predicted molar refractivity (Wildman–Crippen MR) is 122 cm³/mol.